The van der Waals surface area contributed by atoms with Gasteiger partial charge in [0.1, 0.15) is 11.6 Å². The standard InChI is InChI=1S/C20H22N6O2/c1-28-17-4-2-15(3-5-17)14-20(27)23-13-12-22-18-6-7-19(26-25-18)24-16-8-10-21-11-9-16/h2-11H,12-14H2,1H3,(H,22,25)(H,23,27)(H,21,24,26). The molecule has 0 unspecified atom stereocenters. The van der Waals surface area contributed by atoms with Gasteiger partial charge in [0.15, 0.2) is 5.82 Å². The average molecular weight is 378 g/mol. The largest absolute Gasteiger partial charge is 0.497 e. The number of nitrogens with one attached hydrogen (secondary N) is 3. The first-order chi connectivity index (χ1) is 13.7. The van der Waals surface area contributed by atoms with Crippen LogP contribution in [0.1, 0.15) is 5.56 Å². The van der Waals surface area contributed by atoms with Crippen LogP contribution in [-0.2, 0) is 11.2 Å². The summed E-state index contributed by atoms with van der Waals surface area (Å²) in [6, 6.07) is 14.8. The summed E-state index contributed by atoms with van der Waals surface area (Å²) in [4.78, 5) is 16.0. The van der Waals surface area contributed by atoms with E-state index >= 15 is 0 Å². The van der Waals surface area contributed by atoms with E-state index in [2.05, 4.69) is 31.1 Å². The van der Waals surface area contributed by atoms with Crippen LogP contribution in [0, 0.1) is 0 Å². The Hall–Kier alpha value is -3.68. The van der Waals surface area contributed by atoms with E-state index in [0.717, 1.165) is 17.0 Å². The van der Waals surface area contributed by atoms with E-state index in [1.54, 1.807) is 19.5 Å². The van der Waals surface area contributed by atoms with Crippen LogP contribution in [0.5, 0.6) is 5.75 Å². The fraction of sp³-hybridized carbons (Fsp3) is 0.200. The first-order valence-electron chi connectivity index (χ1n) is 8.87. The normalized spacial score (nSPS) is 10.2. The van der Waals surface area contributed by atoms with E-state index in [1.807, 2.05) is 48.5 Å². The van der Waals surface area contributed by atoms with Gasteiger partial charge < -0.3 is 20.7 Å². The molecule has 2 aromatic heterocycles. The van der Waals surface area contributed by atoms with Gasteiger partial charge in [-0.3, -0.25) is 9.78 Å². The molecule has 0 fully saturated rings. The molecule has 0 saturated carbocycles. The number of benzene rings is 1. The third-order valence-corrected chi connectivity index (χ3v) is 3.89. The van der Waals surface area contributed by atoms with Crippen LogP contribution in [0.4, 0.5) is 17.3 Å². The maximum absolute atomic E-state index is 12.0. The summed E-state index contributed by atoms with van der Waals surface area (Å²) in [6.07, 6.45) is 3.74. The van der Waals surface area contributed by atoms with Crippen LogP contribution in [0.15, 0.2) is 60.9 Å². The minimum absolute atomic E-state index is 0.0325. The van der Waals surface area contributed by atoms with Gasteiger partial charge in [0, 0.05) is 31.2 Å². The average Bonchev–Trinajstić information content (AvgIpc) is 2.74. The van der Waals surface area contributed by atoms with Crippen molar-refractivity contribution in [3.05, 3.63) is 66.5 Å². The Labute approximate surface area is 163 Å². The van der Waals surface area contributed by atoms with Gasteiger partial charge in [-0.2, -0.15) is 0 Å². The van der Waals surface area contributed by atoms with Gasteiger partial charge in [-0.1, -0.05) is 12.1 Å². The van der Waals surface area contributed by atoms with Gasteiger partial charge in [-0.25, -0.2) is 0 Å². The Bertz CT molecular complexity index is 869. The summed E-state index contributed by atoms with van der Waals surface area (Å²) in [5, 5.41) is 17.4. The van der Waals surface area contributed by atoms with Gasteiger partial charge in [-0.15, -0.1) is 10.2 Å². The second kappa shape index (κ2) is 9.86. The Morgan fingerprint density at radius 1 is 0.929 bits per heavy atom. The van der Waals surface area contributed by atoms with E-state index in [0.29, 0.717) is 31.1 Å². The molecule has 0 atom stereocenters. The summed E-state index contributed by atoms with van der Waals surface area (Å²) < 4.78 is 5.11. The lowest BCUT2D eigenvalue weighted by molar-refractivity contribution is -0.120. The molecule has 8 nitrogen and oxygen atoms in total. The first kappa shape index (κ1) is 19.1. The van der Waals surface area contributed by atoms with Crippen molar-refractivity contribution in [2.24, 2.45) is 0 Å². The van der Waals surface area contributed by atoms with E-state index in [4.69, 9.17) is 4.74 Å². The maximum atomic E-state index is 12.0. The number of carbonyl (C=O) groups is 1. The summed E-state index contributed by atoms with van der Waals surface area (Å²) >= 11 is 0. The Kier molecular flexibility index (Phi) is 6.73. The molecule has 0 bridgehead atoms. The zero-order chi connectivity index (χ0) is 19.6. The highest BCUT2D eigenvalue weighted by atomic mass is 16.5. The monoisotopic (exact) mass is 378 g/mol. The minimum atomic E-state index is -0.0325. The molecule has 0 aliphatic carbocycles. The number of amides is 1. The zero-order valence-electron chi connectivity index (χ0n) is 15.6. The number of anilines is 3. The Morgan fingerprint density at radius 3 is 2.32 bits per heavy atom. The van der Waals surface area contributed by atoms with Gasteiger partial charge in [-0.05, 0) is 42.0 Å². The third-order valence-electron chi connectivity index (χ3n) is 3.89. The van der Waals surface area contributed by atoms with Crippen LogP contribution >= 0.6 is 0 Å². The number of methoxy groups -OCH3 is 1. The van der Waals surface area contributed by atoms with Crippen LogP contribution in [0.3, 0.4) is 0 Å². The maximum Gasteiger partial charge on any atom is 0.224 e. The molecule has 3 rings (SSSR count). The molecule has 3 N–H and O–H groups in total. The number of pyridine rings is 1. The highest BCUT2D eigenvalue weighted by Gasteiger charge is 2.03. The number of aromatic nitrogens is 3. The number of carbonyl (C=O) groups excluding carboxylic acids is 1. The van der Waals surface area contributed by atoms with Gasteiger partial charge in [0.25, 0.3) is 0 Å². The van der Waals surface area contributed by atoms with E-state index < -0.39 is 0 Å². The van der Waals surface area contributed by atoms with E-state index in [9.17, 15) is 4.79 Å². The van der Waals surface area contributed by atoms with Crippen molar-refractivity contribution in [1.82, 2.24) is 20.5 Å². The first-order valence-corrected chi connectivity index (χ1v) is 8.87. The lowest BCUT2D eigenvalue weighted by Gasteiger charge is -2.08. The number of ether oxygens (including phenoxy) is 1. The smallest absolute Gasteiger partial charge is 0.224 e. The molecule has 1 aromatic carbocycles. The number of nitrogens with zero attached hydrogens (tertiary/aromatic N) is 3. The molecule has 0 aliphatic rings. The molecule has 28 heavy (non-hydrogen) atoms. The summed E-state index contributed by atoms with van der Waals surface area (Å²) in [7, 11) is 1.62. The predicted octanol–water partition coefficient (Wildman–Crippen LogP) is 2.39. The van der Waals surface area contributed by atoms with Crippen molar-refractivity contribution in [2.45, 2.75) is 6.42 Å². The molecule has 3 aromatic rings. The molecular weight excluding hydrogens is 356 g/mol. The van der Waals surface area contributed by atoms with Crippen LogP contribution in [0.2, 0.25) is 0 Å². The van der Waals surface area contributed by atoms with Crippen LogP contribution in [0.25, 0.3) is 0 Å². The Morgan fingerprint density at radius 2 is 1.64 bits per heavy atom. The molecule has 0 aliphatic heterocycles. The fourth-order valence-electron chi connectivity index (χ4n) is 2.46. The molecular formula is C20H22N6O2. The second-order valence-electron chi connectivity index (χ2n) is 5.97. The molecule has 144 valence electrons. The number of hydrogen-bond acceptors (Lipinski definition) is 7. The SMILES string of the molecule is COc1ccc(CC(=O)NCCNc2ccc(Nc3ccncc3)nn2)cc1. The van der Waals surface area contributed by atoms with Crippen molar-refractivity contribution in [1.29, 1.82) is 0 Å². The van der Waals surface area contributed by atoms with Crippen molar-refractivity contribution < 1.29 is 9.53 Å². The van der Waals surface area contributed by atoms with E-state index in [1.165, 1.54) is 0 Å². The number of rotatable bonds is 9. The van der Waals surface area contributed by atoms with Gasteiger partial charge in [0.2, 0.25) is 5.91 Å². The quantitative estimate of drug-likeness (QED) is 0.492. The van der Waals surface area contributed by atoms with Crippen molar-refractivity contribution in [3.8, 4) is 5.75 Å². The number of hydrogen-bond donors (Lipinski definition) is 3. The highest BCUT2D eigenvalue weighted by Crippen LogP contribution is 2.13. The zero-order valence-corrected chi connectivity index (χ0v) is 15.6. The molecule has 8 heteroatoms. The topological polar surface area (TPSA) is 101 Å². The fourth-order valence-corrected chi connectivity index (χ4v) is 2.46. The predicted molar refractivity (Wildman–Crippen MR) is 108 cm³/mol. The minimum Gasteiger partial charge on any atom is -0.497 e. The van der Waals surface area contributed by atoms with Gasteiger partial charge >= 0.3 is 0 Å². The van der Waals surface area contributed by atoms with E-state index in [-0.39, 0.29) is 5.91 Å². The molecule has 0 radical (unpaired) electrons. The third kappa shape index (κ3) is 5.94. The molecule has 1 amide bonds. The summed E-state index contributed by atoms with van der Waals surface area (Å²) in [5.74, 6) is 2.03. The summed E-state index contributed by atoms with van der Waals surface area (Å²) in [5.41, 5.74) is 1.83. The van der Waals surface area contributed by atoms with Crippen molar-refractivity contribution in [3.63, 3.8) is 0 Å². The molecule has 2 heterocycles. The lowest BCUT2D eigenvalue weighted by Crippen LogP contribution is -2.30. The van der Waals surface area contributed by atoms with Crippen LogP contribution < -0.4 is 20.7 Å². The van der Waals surface area contributed by atoms with Crippen molar-refractivity contribution in [2.75, 3.05) is 30.8 Å². The Balaban J connectivity index is 1.37. The second-order valence-corrected chi connectivity index (χ2v) is 5.97. The lowest BCUT2D eigenvalue weighted by atomic mass is 10.1. The van der Waals surface area contributed by atoms with Crippen molar-refractivity contribution >= 4 is 23.2 Å². The highest BCUT2D eigenvalue weighted by molar-refractivity contribution is 5.78. The molecule has 0 saturated heterocycles. The van der Waals surface area contributed by atoms with Crippen LogP contribution in [-0.4, -0.2) is 41.3 Å². The summed E-state index contributed by atoms with van der Waals surface area (Å²) in [6.45, 7) is 1.05. The van der Waals surface area contributed by atoms with Gasteiger partial charge in [0.05, 0.1) is 13.5 Å². The molecule has 0 spiro atoms.